The van der Waals surface area contributed by atoms with Crippen LogP contribution in [-0.4, -0.2) is 30.8 Å². The fourth-order valence-electron chi connectivity index (χ4n) is 1.79. The van der Waals surface area contributed by atoms with Gasteiger partial charge in [-0.25, -0.2) is 0 Å². The summed E-state index contributed by atoms with van der Waals surface area (Å²) in [7, 11) is 0. The van der Waals surface area contributed by atoms with Crippen LogP contribution in [0.2, 0.25) is 0 Å². The molecule has 4 nitrogen and oxygen atoms in total. The van der Waals surface area contributed by atoms with Crippen molar-refractivity contribution in [1.82, 2.24) is 0 Å². The number of anilines is 1. The van der Waals surface area contributed by atoms with E-state index in [4.69, 9.17) is 9.84 Å². The molecular weight excluding hydrogens is 206 g/mol. The molecule has 0 saturated carbocycles. The number of amides is 1. The van der Waals surface area contributed by atoms with Crippen molar-refractivity contribution in [2.75, 3.05) is 24.7 Å². The third-order valence-corrected chi connectivity index (χ3v) is 2.58. The first-order valence-electron chi connectivity index (χ1n) is 5.46. The van der Waals surface area contributed by atoms with E-state index in [2.05, 4.69) is 0 Å². The van der Waals surface area contributed by atoms with Crippen LogP contribution in [0.1, 0.15) is 12.8 Å². The summed E-state index contributed by atoms with van der Waals surface area (Å²) >= 11 is 0. The van der Waals surface area contributed by atoms with Crippen LogP contribution >= 0.6 is 0 Å². The van der Waals surface area contributed by atoms with E-state index in [9.17, 15) is 4.79 Å². The first-order chi connectivity index (χ1) is 7.83. The fourth-order valence-corrected chi connectivity index (χ4v) is 1.79. The maximum Gasteiger partial charge on any atom is 0.227 e. The number of carbonyl (C=O) groups is 1. The van der Waals surface area contributed by atoms with Crippen LogP contribution in [0.15, 0.2) is 24.3 Å². The minimum Gasteiger partial charge on any atom is -0.490 e. The van der Waals surface area contributed by atoms with E-state index >= 15 is 0 Å². The summed E-state index contributed by atoms with van der Waals surface area (Å²) in [5.41, 5.74) is 0.830. The molecule has 1 N–H and O–H groups in total. The predicted molar refractivity (Wildman–Crippen MR) is 60.6 cm³/mol. The molecule has 86 valence electrons. The highest BCUT2D eigenvalue weighted by molar-refractivity contribution is 5.95. The molecule has 4 heteroatoms. The number of rotatable bonds is 3. The summed E-state index contributed by atoms with van der Waals surface area (Å²) in [4.78, 5) is 13.6. The molecular formula is C12H15NO3. The molecule has 0 aliphatic carbocycles. The Balaban J connectivity index is 2.15. The van der Waals surface area contributed by atoms with Gasteiger partial charge in [-0.3, -0.25) is 4.79 Å². The molecule has 0 atom stereocenters. The first kappa shape index (κ1) is 11.0. The lowest BCUT2D eigenvalue weighted by Crippen LogP contribution is -2.37. The van der Waals surface area contributed by atoms with Gasteiger partial charge in [-0.15, -0.1) is 0 Å². The van der Waals surface area contributed by atoms with Crippen molar-refractivity contribution in [2.45, 2.75) is 12.8 Å². The summed E-state index contributed by atoms with van der Waals surface area (Å²) < 4.78 is 5.47. The van der Waals surface area contributed by atoms with Crippen molar-refractivity contribution >= 4 is 11.6 Å². The van der Waals surface area contributed by atoms with Crippen LogP contribution in [0, 0.1) is 0 Å². The Hall–Kier alpha value is -1.55. The number of benzene rings is 1. The highest BCUT2D eigenvalue weighted by Crippen LogP contribution is 2.31. The summed E-state index contributed by atoms with van der Waals surface area (Å²) in [5.74, 6) is 0.802. The van der Waals surface area contributed by atoms with E-state index in [1.54, 1.807) is 4.90 Å². The maximum atomic E-state index is 11.9. The van der Waals surface area contributed by atoms with Crippen molar-refractivity contribution in [2.24, 2.45) is 0 Å². The van der Waals surface area contributed by atoms with Crippen molar-refractivity contribution in [3.63, 3.8) is 0 Å². The number of para-hydroxylation sites is 2. The zero-order chi connectivity index (χ0) is 11.4. The summed E-state index contributed by atoms with van der Waals surface area (Å²) in [6, 6.07) is 7.52. The maximum absolute atomic E-state index is 11.9. The van der Waals surface area contributed by atoms with Gasteiger partial charge in [0.2, 0.25) is 5.91 Å². The van der Waals surface area contributed by atoms with E-state index in [1.807, 2.05) is 24.3 Å². The number of ether oxygens (including phenoxy) is 1. The third kappa shape index (κ3) is 2.17. The highest BCUT2D eigenvalue weighted by atomic mass is 16.5. The monoisotopic (exact) mass is 221 g/mol. The summed E-state index contributed by atoms with van der Waals surface area (Å²) in [5, 5.41) is 8.71. The van der Waals surface area contributed by atoms with Gasteiger partial charge in [0.25, 0.3) is 0 Å². The first-order valence-corrected chi connectivity index (χ1v) is 5.46. The number of nitrogens with zero attached hydrogens (tertiary/aromatic N) is 1. The molecule has 1 amide bonds. The molecule has 0 saturated heterocycles. The van der Waals surface area contributed by atoms with Crippen LogP contribution in [0.25, 0.3) is 0 Å². The minimum absolute atomic E-state index is 0.0461. The topological polar surface area (TPSA) is 49.8 Å². The average Bonchev–Trinajstić information content (AvgIpc) is 2.35. The van der Waals surface area contributed by atoms with Crippen LogP contribution in [0.5, 0.6) is 5.75 Å². The van der Waals surface area contributed by atoms with E-state index in [0.717, 1.165) is 11.4 Å². The molecule has 0 unspecified atom stereocenters. The van der Waals surface area contributed by atoms with Gasteiger partial charge in [0.15, 0.2) is 0 Å². The van der Waals surface area contributed by atoms with E-state index in [-0.39, 0.29) is 12.5 Å². The lowest BCUT2D eigenvalue weighted by molar-refractivity contribution is -0.119. The van der Waals surface area contributed by atoms with Gasteiger partial charge in [0, 0.05) is 13.0 Å². The summed E-state index contributed by atoms with van der Waals surface area (Å²) in [6.45, 7) is 1.17. The molecule has 1 aliphatic heterocycles. The Bertz CT molecular complexity index is 378. The van der Waals surface area contributed by atoms with E-state index in [0.29, 0.717) is 26.0 Å². The zero-order valence-corrected chi connectivity index (χ0v) is 9.06. The Morgan fingerprint density at radius 1 is 1.44 bits per heavy atom. The Kier molecular flexibility index (Phi) is 3.41. The van der Waals surface area contributed by atoms with Gasteiger partial charge in [0.05, 0.1) is 12.2 Å². The quantitative estimate of drug-likeness (QED) is 0.834. The molecule has 0 spiro atoms. The van der Waals surface area contributed by atoms with Crippen molar-refractivity contribution in [3.8, 4) is 5.75 Å². The normalized spacial score (nSPS) is 14.2. The number of carbonyl (C=O) groups excluding carboxylic acids is 1. The SMILES string of the molecule is O=C(CCCO)N1CCOc2ccccc21. The van der Waals surface area contributed by atoms with E-state index < -0.39 is 0 Å². The van der Waals surface area contributed by atoms with Crippen LogP contribution in [0.4, 0.5) is 5.69 Å². The van der Waals surface area contributed by atoms with Crippen molar-refractivity contribution in [1.29, 1.82) is 0 Å². The molecule has 16 heavy (non-hydrogen) atoms. The largest absolute Gasteiger partial charge is 0.490 e. The number of aliphatic hydroxyl groups excluding tert-OH is 1. The number of hydrogen-bond acceptors (Lipinski definition) is 3. The van der Waals surface area contributed by atoms with Gasteiger partial charge in [0.1, 0.15) is 12.4 Å². The van der Waals surface area contributed by atoms with Crippen molar-refractivity contribution < 1.29 is 14.6 Å². The minimum atomic E-state index is 0.0461. The standard InChI is InChI=1S/C12H15NO3/c14-8-3-6-12(15)13-7-9-16-11-5-2-1-4-10(11)13/h1-2,4-5,14H,3,6-9H2. The van der Waals surface area contributed by atoms with Crippen LogP contribution in [0.3, 0.4) is 0 Å². The lowest BCUT2D eigenvalue weighted by atomic mass is 10.2. The number of hydrogen-bond donors (Lipinski definition) is 1. The Morgan fingerprint density at radius 3 is 3.06 bits per heavy atom. The lowest BCUT2D eigenvalue weighted by Gasteiger charge is -2.29. The van der Waals surface area contributed by atoms with Crippen molar-refractivity contribution in [3.05, 3.63) is 24.3 Å². The van der Waals surface area contributed by atoms with Gasteiger partial charge in [-0.05, 0) is 18.6 Å². The van der Waals surface area contributed by atoms with E-state index in [1.165, 1.54) is 0 Å². The van der Waals surface area contributed by atoms with Gasteiger partial charge < -0.3 is 14.7 Å². The molecule has 1 aromatic carbocycles. The zero-order valence-electron chi connectivity index (χ0n) is 9.06. The molecule has 1 aliphatic rings. The Morgan fingerprint density at radius 2 is 2.25 bits per heavy atom. The van der Waals surface area contributed by atoms with Crippen LogP contribution in [-0.2, 0) is 4.79 Å². The van der Waals surface area contributed by atoms with Gasteiger partial charge in [-0.2, -0.15) is 0 Å². The molecule has 0 fully saturated rings. The molecule has 1 heterocycles. The fraction of sp³-hybridized carbons (Fsp3) is 0.417. The molecule has 1 aromatic rings. The second kappa shape index (κ2) is 4.99. The molecule has 2 rings (SSSR count). The average molecular weight is 221 g/mol. The van der Waals surface area contributed by atoms with Crippen LogP contribution < -0.4 is 9.64 Å². The third-order valence-electron chi connectivity index (χ3n) is 2.58. The molecule has 0 aromatic heterocycles. The van der Waals surface area contributed by atoms with Gasteiger partial charge >= 0.3 is 0 Å². The number of fused-ring (bicyclic) bond motifs is 1. The molecule has 0 bridgehead atoms. The number of aliphatic hydroxyl groups is 1. The summed E-state index contributed by atoms with van der Waals surface area (Å²) in [6.07, 6.45) is 0.892. The highest BCUT2D eigenvalue weighted by Gasteiger charge is 2.22. The predicted octanol–water partition coefficient (Wildman–Crippen LogP) is 1.18. The second-order valence-electron chi connectivity index (χ2n) is 3.69. The Labute approximate surface area is 94.4 Å². The smallest absolute Gasteiger partial charge is 0.227 e. The second-order valence-corrected chi connectivity index (χ2v) is 3.69. The molecule has 0 radical (unpaired) electrons. The van der Waals surface area contributed by atoms with Gasteiger partial charge in [-0.1, -0.05) is 12.1 Å².